The van der Waals surface area contributed by atoms with Crippen LogP contribution in [0.2, 0.25) is 0 Å². The first-order chi connectivity index (χ1) is 7.80. The molecule has 100 valence electrons. The Balaban J connectivity index is 2.26. The third kappa shape index (κ3) is 4.51. The number of piperidine rings is 1. The van der Waals surface area contributed by atoms with Crippen LogP contribution < -0.4 is 5.73 Å². The molecule has 1 rings (SSSR count). The van der Waals surface area contributed by atoms with Gasteiger partial charge in [-0.15, -0.1) is 0 Å². The summed E-state index contributed by atoms with van der Waals surface area (Å²) in [6.07, 6.45) is -3.66. The van der Waals surface area contributed by atoms with E-state index in [4.69, 9.17) is 10.8 Å². The number of likely N-dealkylation sites (tertiary alicyclic amines) is 1. The Morgan fingerprint density at radius 3 is 2.35 bits per heavy atom. The summed E-state index contributed by atoms with van der Waals surface area (Å²) in [5.74, 6) is -2.29. The smallest absolute Gasteiger partial charge is 0.391 e. The van der Waals surface area contributed by atoms with Crippen LogP contribution in [0.1, 0.15) is 19.3 Å². The lowest BCUT2D eigenvalue weighted by atomic mass is 9.96. The van der Waals surface area contributed by atoms with E-state index in [9.17, 15) is 18.0 Å². The maximum absolute atomic E-state index is 12.4. The Labute approximate surface area is 97.6 Å². The number of rotatable bonds is 4. The van der Waals surface area contributed by atoms with Crippen LogP contribution in [0.3, 0.4) is 0 Å². The average molecular weight is 254 g/mol. The molecule has 0 radical (unpaired) electrons. The van der Waals surface area contributed by atoms with Crippen LogP contribution in [0, 0.1) is 5.92 Å². The molecule has 0 aromatic rings. The SMILES string of the molecule is NC(CCN1CCC(C(F)(F)F)CC1)C(=O)O. The molecule has 17 heavy (non-hydrogen) atoms. The van der Waals surface area contributed by atoms with Gasteiger partial charge in [0.25, 0.3) is 0 Å². The monoisotopic (exact) mass is 254 g/mol. The second kappa shape index (κ2) is 5.68. The van der Waals surface area contributed by atoms with E-state index >= 15 is 0 Å². The highest BCUT2D eigenvalue weighted by Gasteiger charge is 2.40. The number of halogens is 3. The van der Waals surface area contributed by atoms with Gasteiger partial charge < -0.3 is 15.7 Å². The predicted molar refractivity (Wildman–Crippen MR) is 55.4 cm³/mol. The first-order valence-electron chi connectivity index (χ1n) is 5.58. The number of hydrogen-bond donors (Lipinski definition) is 2. The van der Waals surface area contributed by atoms with Crippen molar-refractivity contribution in [3.05, 3.63) is 0 Å². The summed E-state index contributed by atoms with van der Waals surface area (Å²) in [5.41, 5.74) is 5.32. The maximum Gasteiger partial charge on any atom is 0.391 e. The lowest BCUT2D eigenvalue weighted by molar-refractivity contribution is -0.185. The zero-order chi connectivity index (χ0) is 13.1. The number of carboxylic acid groups (broad SMARTS) is 1. The van der Waals surface area contributed by atoms with E-state index in [2.05, 4.69) is 0 Å². The molecule has 0 saturated carbocycles. The molecule has 1 fully saturated rings. The standard InChI is InChI=1S/C10H17F3N2O2/c11-10(12,13)7-1-4-15(5-2-7)6-3-8(14)9(16)17/h7-8H,1-6,14H2,(H,16,17). The fourth-order valence-corrected chi connectivity index (χ4v) is 1.93. The summed E-state index contributed by atoms with van der Waals surface area (Å²) in [4.78, 5) is 12.3. The van der Waals surface area contributed by atoms with Crippen molar-refractivity contribution in [1.82, 2.24) is 4.90 Å². The van der Waals surface area contributed by atoms with E-state index in [1.165, 1.54) is 0 Å². The lowest BCUT2D eigenvalue weighted by Crippen LogP contribution is -2.41. The summed E-state index contributed by atoms with van der Waals surface area (Å²) in [6, 6.07) is -0.935. The lowest BCUT2D eigenvalue weighted by Gasteiger charge is -2.33. The predicted octanol–water partition coefficient (Wildman–Crippen LogP) is 1.06. The number of nitrogens with two attached hydrogens (primary N) is 1. The molecule has 1 aliphatic heterocycles. The van der Waals surface area contributed by atoms with Gasteiger partial charge in [0.05, 0.1) is 5.92 Å². The molecule has 0 aromatic heterocycles. The largest absolute Gasteiger partial charge is 0.480 e. The summed E-state index contributed by atoms with van der Waals surface area (Å²) in [6.45, 7) is 1.16. The number of alkyl halides is 3. The molecule has 7 heteroatoms. The molecule has 0 amide bonds. The normalized spacial score (nSPS) is 21.4. The molecule has 1 unspecified atom stereocenters. The molecule has 0 aromatic carbocycles. The Morgan fingerprint density at radius 1 is 1.41 bits per heavy atom. The van der Waals surface area contributed by atoms with E-state index in [0.717, 1.165) is 0 Å². The van der Waals surface area contributed by atoms with Gasteiger partial charge in [-0.05, 0) is 32.4 Å². The molecular weight excluding hydrogens is 237 g/mol. The van der Waals surface area contributed by atoms with E-state index < -0.39 is 24.1 Å². The van der Waals surface area contributed by atoms with Crippen molar-refractivity contribution in [2.24, 2.45) is 11.7 Å². The first kappa shape index (κ1) is 14.2. The Hall–Kier alpha value is -0.820. The molecular formula is C10H17F3N2O2. The molecule has 1 heterocycles. The third-order valence-corrected chi connectivity index (χ3v) is 3.12. The minimum atomic E-state index is -4.11. The van der Waals surface area contributed by atoms with Crippen molar-refractivity contribution in [3.8, 4) is 0 Å². The number of hydrogen-bond acceptors (Lipinski definition) is 3. The number of carbonyl (C=O) groups is 1. The molecule has 4 nitrogen and oxygen atoms in total. The van der Waals surface area contributed by atoms with E-state index in [0.29, 0.717) is 19.6 Å². The molecule has 0 spiro atoms. The van der Waals surface area contributed by atoms with E-state index in [1.807, 2.05) is 4.90 Å². The van der Waals surface area contributed by atoms with Crippen molar-refractivity contribution >= 4 is 5.97 Å². The summed E-state index contributed by atoms with van der Waals surface area (Å²) in [7, 11) is 0. The van der Waals surface area contributed by atoms with Crippen molar-refractivity contribution in [2.45, 2.75) is 31.5 Å². The van der Waals surface area contributed by atoms with Gasteiger partial charge >= 0.3 is 12.1 Å². The maximum atomic E-state index is 12.4. The van der Waals surface area contributed by atoms with Crippen LogP contribution in [0.15, 0.2) is 0 Å². The van der Waals surface area contributed by atoms with Crippen LogP contribution in [0.4, 0.5) is 13.2 Å². The van der Waals surface area contributed by atoms with Crippen molar-refractivity contribution in [2.75, 3.05) is 19.6 Å². The minimum absolute atomic E-state index is 0.0891. The van der Waals surface area contributed by atoms with Gasteiger partial charge in [-0.25, -0.2) is 0 Å². The fraction of sp³-hybridized carbons (Fsp3) is 0.900. The van der Waals surface area contributed by atoms with Crippen molar-refractivity contribution in [3.63, 3.8) is 0 Å². The van der Waals surface area contributed by atoms with Crippen LogP contribution >= 0.6 is 0 Å². The van der Waals surface area contributed by atoms with Crippen LogP contribution in [-0.4, -0.2) is 47.8 Å². The highest BCUT2D eigenvalue weighted by Crippen LogP contribution is 2.33. The number of aliphatic carboxylic acids is 1. The highest BCUT2D eigenvalue weighted by atomic mass is 19.4. The number of nitrogens with zero attached hydrogens (tertiary/aromatic N) is 1. The van der Waals surface area contributed by atoms with Crippen molar-refractivity contribution < 1.29 is 23.1 Å². The zero-order valence-electron chi connectivity index (χ0n) is 9.41. The summed E-state index contributed by atoms with van der Waals surface area (Å²) < 4.78 is 37.1. The molecule has 0 aliphatic carbocycles. The van der Waals surface area contributed by atoms with Gasteiger partial charge in [0, 0.05) is 6.54 Å². The van der Waals surface area contributed by atoms with Gasteiger partial charge in [0.1, 0.15) is 6.04 Å². The molecule has 1 aliphatic rings. The molecule has 3 N–H and O–H groups in total. The Bertz CT molecular complexity index is 263. The van der Waals surface area contributed by atoms with Gasteiger partial charge in [0.2, 0.25) is 0 Å². The average Bonchev–Trinajstić information content (AvgIpc) is 2.25. The fourth-order valence-electron chi connectivity index (χ4n) is 1.93. The third-order valence-electron chi connectivity index (χ3n) is 3.12. The van der Waals surface area contributed by atoms with Crippen LogP contribution in [0.5, 0.6) is 0 Å². The summed E-state index contributed by atoms with van der Waals surface area (Å²) >= 11 is 0. The Morgan fingerprint density at radius 2 is 1.94 bits per heavy atom. The van der Waals surface area contributed by atoms with Crippen molar-refractivity contribution in [1.29, 1.82) is 0 Å². The Kier molecular flexibility index (Phi) is 4.76. The van der Waals surface area contributed by atoms with Gasteiger partial charge in [0.15, 0.2) is 0 Å². The van der Waals surface area contributed by atoms with E-state index in [1.54, 1.807) is 0 Å². The summed E-state index contributed by atoms with van der Waals surface area (Å²) in [5, 5.41) is 8.57. The zero-order valence-corrected chi connectivity index (χ0v) is 9.41. The van der Waals surface area contributed by atoms with Gasteiger partial charge in [-0.2, -0.15) is 13.2 Å². The second-order valence-corrected chi connectivity index (χ2v) is 4.39. The topological polar surface area (TPSA) is 66.6 Å². The minimum Gasteiger partial charge on any atom is -0.480 e. The van der Waals surface area contributed by atoms with Gasteiger partial charge in [-0.3, -0.25) is 4.79 Å². The highest BCUT2D eigenvalue weighted by molar-refractivity contribution is 5.72. The molecule has 1 atom stereocenters. The number of carboxylic acids is 1. The second-order valence-electron chi connectivity index (χ2n) is 4.39. The quantitative estimate of drug-likeness (QED) is 0.787. The first-order valence-corrected chi connectivity index (χ1v) is 5.58. The van der Waals surface area contributed by atoms with Crippen LogP contribution in [-0.2, 0) is 4.79 Å². The van der Waals surface area contributed by atoms with E-state index in [-0.39, 0.29) is 19.3 Å². The van der Waals surface area contributed by atoms with Gasteiger partial charge in [-0.1, -0.05) is 0 Å². The van der Waals surface area contributed by atoms with Crippen LogP contribution in [0.25, 0.3) is 0 Å². The molecule has 0 bridgehead atoms. The molecule has 1 saturated heterocycles.